The number of benzene rings is 3. The molecule has 1 heterocycles. The van der Waals surface area contributed by atoms with E-state index in [0.29, 0.717) is 24.3 Å². The van der Waals surface area contributed by atoms with Gasteiger partial charge in [0.05, 0.1) is 0 Å². The van der Waals surface area contributed by atoms with Crippen LogP contribution < -0.4 is 5.32 Å². The third-order valence-corrected chi connectivity index (χ3v) is 6.94. The number of anilines is 1. The van der Waals surface area contributed by atoms with Crippen molar-refractivity contribution in [2.75, 3.05) is 31.5 Å². The minimum absolute atomic E-state index is 0.0348. The lowest BCUT2D eigenvalue weighted by molar-refractivity contribution is 0.0773. The van der Waals surface area contributed by atoms with Gasteiger partial charge in [-0.05, 0) is 73.2 Å². The summed E-state index contributed by atoms with van der Waals surface area (Å²) in [7, 11) is 0. The number of nitrogens with one attached hydrogen (secondary N) is 1. The molecule has 1 aliphatic rings. The second kappa shape index (κ2) is 12.4. The van der Waals surface area contributed by atoms with Crippen LogP contribution in [0.1, 0.15) is 53.7 Å². The van der Waals surface area contributed by atoms with Crippen molar-refractivity contribution in [2.24, 2.45) is 0 Å². The smallest absolute Gasteiger partial charge is 0.409 e. The van der Waals surface area contributed by atoms with Gasteiger partial charge in [-0.1, -0.05) is 60.2 Å². The number of hydrogen-bond donors (Lipinski definition) is 2. The normalized spacial score (nSPS) is 13.7. The number of carbonyl (C=O) groups is 2. The van der Waals surface area contributed by atoms with Gasteiger partial charge in [0.2, 0.25) is 0 Å². The molecule has 192 valence electrons. The molecular weight excluding hydrogens is 462 g/mol. The van der Waals surface area contributed by atoms with Crippen LogP contribution in [0.15, 0.2) is 84.4 Å². The van der Waals surface area contributed by atoms with Gasteiger partial charge in [0, 0.05) is 44.0 Å². The number of carbonyl (C=O) groups excluding carboxylic acids is 1. The van der Waals surface area contributed by atoms with Crippen molar-refractivity contribution in [1.29, 1.82) is 0 Å². The molecule has 37 heavy (non-hydrogen) atoms. The van der Waals surface area contributed by atoms with Crippen molar-refractivity contribution in [3.05, 3.63) is 107 Å². The Kier molecular flexibility index (Phi) is 8.75. The number of piperidine rings is 1. The minimum Gasteiger partial charge on any atom is -0.465 e. The van der Waals surface area contributed by atoms with Crippen molar-refractivity contribution in [3.8, 4) is 0 Å². The van der Waals surface area contributed by atoms with E-state index in [-0.39, 0.29) is 5.91 Å². The summed E-state index contributed by atoms with van der Waals surface area (Å²) in [5.74, 6) is 0.0348. The third-order valence-electron chi connectivity index (χ3n) is 6.94. The molecule has 4 rings (SSSR count). The average molecular weight is 498 g/mol. The number of hydrogen-bond acceptors (Lipinski definition) is 3. The first-order chi connectivity index (χ1) is 18.0. The topological polar surface area (TPSA) is 72.9 Å². The molecule has 6 nitrogen and oxygen atoms in total. The molecule has 6 heteroatoms. The van der Waals surface area contributed by atoms with E-state index in [9.17, 15) is 14.7 Å². The monoisotopic (exact) mass is 497 g/mol. The van der Waals surface area contributed by atoms with Crippen LogP contribution in [0, 0.1) is 0 Å². The highest BCUT2D eigenvalue weighted by Crippen LogP contribution is 2.34. The van der Waals surface area contributed by atoms with Crippen LogP contribution in [0.25, 0.3) is 5.57 Å². The molecule has 0 atom stereocenters. The zero-order valence-corrected chi connectivity index (χ0v) is 21.6. The maximum Gasteiger partial charge on any atom is 0.409 e. The van der Waals surface area contributed by atoms with E-state index in [0.717, 1.165) is 49.2 Å². The fourth-order valence-electron chi connectivity index (χ4n) is 5.00. The van der Waals surface area contributed by atoms with Crippen LogP contribution in [0.4, 0.5) is 10.5 Å². The molecule has 0 unspecified atom stereocenters. The van der Waals surface area contributed by atoms with Gasteiger partial charge in [-0.25, -0.2) is 4.79 Å². The molecule has 3 aromatic rings. The van der Waals surface area contributed by atoms with Crippen LogP contribution >= 0.6 is 0 Å². The minimum atomic E-state index is -1.08. The molecule has 0 radical (unpaired) electrons. The Morgan fingerprint density at radius 2 is 1.49 bits per heavy atom. The molecule has 2 N–H and O–H groups in total. The number of nitrogens with zero attached hydrogens (tertiary/aromatic N) is 2. The van der Waals surface area contributed by atoms with Gasteiger partial charge >= 0.3 is 6.09 Å². The van der Waals surface area contributed by atoms with Crippen molar-refractivity contribution in [1.82, 2.24) is 9.80 Å². The Hall–Kier alpha value is -3.90. The molecule has 0 aliphatic carbocycles. The van der Waals surface area contributed by atoms with Gasteiger partial charge in [-0.15, -0.1) is 0 Å². The van der Waals surface area contributed by atoms with Crippen molar-refractivity contribution >= 4 is 23.3 Å². The van der Waals surface area contributed by atoms with Crippen LogP contribution in [0.3, 0.4) is 0 Å². The van der Waals surface area contributed by atoms with Crippen LogP contribution in [-0.4, -0.2) is 53.1 Å². The molecule has 0 aromatic heterocycles. The average Bonchev–Trinajstić information content (AvgIpc) is 2.91. The molecule has 1 aliphatic heterocycles. The van der Waals surface area contributed by atoms with Gasteiger partial charge in [-0.2, -0.15) is 0 Å². The summed E-state index contributed by atoms with van der Waals surface area (Å²) >= 11 is 0. The first-order valence-electron chi connectivity index (χ1n) is 13.0. The molecular formula is C31H35N3O3. The Bertz CT molecular complexity index is 1240. The predicted octanol–water partition coefficient (Wildman–Crippen LogP) is 6.36. The standard InChI is InChI=1S/C31H35N3O3/c1-3-34(4-2)30(35)26-15-13-24(14-16-26)29(27-11-8-12-28(21-27)32-31(36)37)25-17-19-33(20-18-25)22-23-9-6-5-7-10-23/h5-16,21,32H,3-4,17-20,22H2,1-2H3,(H,36,37). The highest BCUT2D eigenvalue weighted by Gasteiger charge is 2.20. The van der Waals surface area contributed by atoms with Crippen LogP contribution in [0.2, 0.25) is 0 Å². The number of rotatable bonds is 8. The number of carboxylic acid groups (broad SMARTS) is 1. The summed E-state index contributed by atoms with van der Waals surface area (Å²) < 4.78 is 0. The first-order valence-corrected chi connectivity index (χ1v) is 13.0. The summed E-state index contributed by atoms with van der Waals surface area (Å²) in [5, 5.41) is 11.7. The molecule has 2 amide bonds. The summed E-state index contributed by atoms with van der Waals surface area (Å²) in [4.78, 5) is 28.4. The molecule has 1 fully saturated rings. The van der Waals surface area contributed by atoms with E-state index >= 15 is 0 Å². The van der Waals surface area contributed by atoms with E-state index in [1.54, 1.807) is 6.07 Å². The Balaban J connectivity index is 1.64. The Morgan fingerprint density at radius 1 is 0.838 bits per heavy atom. The van der Waals surface area contributed by atoms with Crippen molar-refractivity contribution < 1.29 is 14.7 Å². The SMILES string of the molecule is CCN(CC)C(=O)c1ccc(C(=C2CCN(Cc3ccccc3)CC2)c2cccc(NC(=O)O)c2)cc1. The van der Waals surface area contributed by atoms with E-state index in [1.807, 2.05) is 67.3 Å². The summed E-state index contributed by atoms with van der Waals surface area (Å²) in [6.07, 6.45) is 0.775. The number of likely N-dealkylation sites (tertiary alicyclic amines) is 1. The van der Waals surface area contributed by atoms with Crippen molar-refractivity contribution in [2.45, 2.75) is 33.2 Å². The van der Waals surface area contributed by atoms with Gasteiger partial charge in [0.1, 0.15) is 0 Å². The van der Waals surface area contributed by atoms with Crippen LogP contribution in [-0.2, 0) is 6.54 Å². The van der Waals surface area contributed by atoms with E-state index < -0.39 is 6.09 Å². The first kappa shape index (κ1) is 26.2. The lowest BCUT2D eigenvalue weighted by Gasteiger charge is -2.30. The highest BCUT2D eigenvalue weighted by molar-refractivity contribution is 5.95. The second-order valence-corrected chi connectivity index (χ2v) is 9.31. The zero-order valence-electron chi connectivity index (χ0n) is 21.6. The van der Waals surface area contributed by atoms with Gasteiger partial charge in [-0.3, -0.25) is 15.0 Å². The fraction of sp³-hybridized carbons (Fsp3) is 0.290. The van der Waals surface area contributed by atoms with Gasteiger partial charge < -0.3 is 10.0 Å². The summed E-state index contributed by atoms with van der Waals surface area (Å²) in [5.41, 5.74) is 7.01. The van der Waals surface area contributed by atoms with Gasteiger partial charge in [0.15, 0.2) is 0 Å². The van der Waals surface area contributed by atoms with E-state index in [1.165, 1.54) is 11.1 Å². The number of amides is 2. The fourth-order valence-corrected chi connectivity index (χ4v) is 5.00. The quantitative estimate of drug-likeness (QED) is 0.380. The molecule has 0 bridgehead atoms. The van der Waals surface area contributed by atoms with E-state index in [4.69, 9.17) is 0 Å². The molecule has 1 saturated heterocycles. The zero-order chi connectivity index (χ0) is 26.2. The maximum absolute atomic E-state index is 12.8. The van der Waals surface area contributed by atoms with Crippen molar-refractivity contribution in [3.63, 3.8) is 0 Å². The molecule has 3 aromatic carbocycles. The summed E-state index contributed by atoms with van der Waals surface area (Å²) in [6, 6.07) is 25.9. The Morgan fingerprint density at radius 3 is 2.11 bits per heavy atom. The predicted molar refractivity (Wildman–Crippen MR) is 149 cm³/mol. The molecule has 0 saturated carbocycles. The third kappa shape index (κ3) is 6.66. The lowest BCUT2D eigenvalue weighted by Crippen LogP contribution is -2.30. The summed E-state index contributed by atoms with van der Waals surface area (Å²) in [6.45, 7) is 8.17. The maximum atomic E-state index is 12.8. The molecule has 0 spiro atoms. The largest absolute Gasteiger partial charge is 0.465 e. The van der Waals surface area contributed by atoms with E-state index in [2.05, 4.69) is 34.5 Å². The second-order valence-electron chi connectivity index (χ2n) is 9.31. The van der Waals surface area contributed by atoms with Crippen LogP contribution in [0.5, 0.6) is 0 Å². The Labute approximate surface area is 219 Å². The highest BCUT2D eigenvalue weighted by atomic mass is 16.4. The lowest BCUT2D eigenvalue weighted by atomic mass is 9.87. The van der Waals surface area contributed by atoms with Gasteiger partial charge in [0.25, 0.3) is 5.91 Å².